The van der Waals surface area contributed by atoms with Crippen LogP contribution in [0.1, 0.15) is 43.0 Å². The highest BCUT2D eigenvalue weighted by molar-refractivity contribution is 5.81. The summed E-state index contributed by atoms with van der Waals surface area (Å²) in [6, 6.07) is 5.43. The fourth-order valence-corrected chi connectivity index (χ4v) is 2.19. The molecule has 0 spiro atoms. The highest BCUT2D eigenvalue weighted by atomic mass is 16.5. The first-order valence-corrected chi connectivity index (χ1v) is 6.22. The van der Waals surface area contributed by atoms with Crippen LogP contribution in [0.5, 0.6) is 11.5 Å². The van der Waals surface area contributed by atoms with Crippen molar-refractivity contribution in [3.63, 3.8) is 0 Å². The first-order valence-electron chi connectivity index (χ1n) is 6.22. The molecule has 0 saturated heterocycles. The molecule has 3 heteroatoms. The van der Waals surface area contributed by atoms with E-state index in [9.17, 15) is 4.79 Å². The highest BCUT2D eigenvalue weighted by Gasteiger charge is 2.20. The Morgan fingerprint density at radius 3 is 2.76 bits per heavy atom. The van der Waals surface area contributed by atoms with Gasteiger partial charge in [-0.2, -0.15) is 0 Å². The van der Waals surface area contributed by atoms with Gasteiger partial charge in [-0.25, -0.2) is 0 Å². The van der Waals surface area contributed by atoms with Crippen LogP contribution in [0.4, 0.5) is 0 Å². The maximum atomic E-state index is 11.0. The van der Waals surface area contributed by atoms with Crippen molar-refractivity contribution < 1.29 is 14.3 Å². The average molecular weight is 234 g/mol. The van der Waals surface area contributed by atoms with Crippen LogP contribution in [0.15, 0.2) is 18.2 Å². The molecule has 92 valence electrons. The second-order valence-electron chi connectivity index (χ2n) is 4.25. The summed E-state index contributed by atoms with van der Waals surface area (Å²) in [6.45, 7) is 2.50. The van der Waals surface area contributed by atoms with Gasteiger partial charge >= 0.3 is 0 Å². The van der Waals surface area contributed by atoms with Crippen LogP contribution >= 0.6 is 0 Å². The fourth-order valence-electron chi connectivity index (χ4n) is 2.19. The lowest BCUT2D eigenvalue weighted by Gasteiger charge is -2.17. The molecule has 0 N–H and O–H groups in total. The van der Waals surface area contributed by atoms with Gasteiger partial charge in [-0.3, -0.25) is 4.79 Å². The summed E-state index contributed by atoms with van der Waals surface area (Å²) in [5.41, 5.74) is 0.572. The molecule has 0 radical (unpaired) electrons. The quantitative estimate of drug-likeness (QED) is 0.734. The van der Waals surface area contributed by atoms with E-state index in [1.165, 1.54) is 12.8 Å². The number of hydrogen-bond acceptors (Lipinski definition) is 3. The van der Waals surface area contributed by atoms with E-state index in [0.29, 0.717) is 23.7 Å². The molecule has 0 aliphatic heterocycles. The zero-order valence-corrected chi connectivity index (χ0v) is 10.1. The number of carbonyl (C=O) groups is 1. The van der Waals surface area contributed by atoms with E-state index in [4.69, 9.17) is 9.47 Å². The van der Waals surface area contributed by atoms with Gasteiger partial charge in [-0.05, 0) is 44.7 Å². The molecule has 0 bridgehead atoms. The Labute approximate surface area is 102 Å². The summed E-state index contributed by atoms with van der Waals surface area (Å²) in [6.07, 6.45) is 5.61. The molecule has 1 aliphatic rings. The normalized spacial score (nSPS) is 15.8. The van der Waals surface area contributed by atoms with Crippen LogP contribution in [-0.2, 0) is 0 Å². The lowest BCUT2D eigenvalue weighted by Crippen LogP contribution is -2.13. The van der Waals surface area contributed by atoms with Gasteiger partial charge < -0.3 is 9.47 Å². The molecule has 17 heavy (non-hydrogen) atoms. The van der Waals surface area contributed by atoms with E-state index in [1.54, 1.807) is 6.07 Å². The molecule has 1 saturated carbocycles. The molecule has 3 nitrogen and oxygen atoms in total. The third kappa shape index (κ3) is 2.78. The van der Waals surface area contributed by atoms with Gasteiger partial charge in [0.2, 0.25) is 0 Å². The topological polar surface area (TPSA) is 35.5 Å². The van der Waals surface area contributed by atoms with Crippen LogP contribution in [0.2, 0.25) is 0 Å². The molecule has 1 aromatic rings. The lowest BCUT2D eigenvalue weighted by atomic mass is 10.2. The highest BCUT2D eigenvalue weighted by Crippen LogP contribution is 2.34. The number of para-hydroxylation sites is 1. The Bertz CT molecular complexity index is 381. The summed E-state index contributed by atoms with van der Waals surface area (Å²) in [4.78, 5) is 11.0. The van der Waals surface area contributed by atoms with Crippen molar-refractivity contribution in [1.82, 2.24) is 0 Å². The lowest BCUT2D eigenvalue weighted by molar-refractivity contribution is 0.111. The second-order valence-corrected chi connectivity index (χ2v) is 4.25. The largest absolute Gasteiger partial charge is 0.490 e. The Balaban J connectivity index is 2.23. The van der Waals surface area contributed by atoms with Gasteiger partial charge in [-0.1, -0.05) is 6.07 Å². The van der Waals surface area contributed by atoms with Crippen LogP contribution < -0.4 is 9.47 Å². The molecular formula is C14H18O3. The molecular weight excluding hydrogens is 216 g/mol. The predicted octanol–water partition coefficient (Wildman–Crippen LogP) is 3.22. The number of rotatable bonds is 5. The first-order chi connectivity index (χ1) is 8.35. The molecule has 0 aromatic heterocycles. The molecule has 0 unspecified atom stereocenters. The zero-order chi connectivity index (χ0) is 12.1. The van der Waals surface area contributed by atoms with Gasteiger partial charge in [-0.15, -0.1) is 0 Å². The third-order valence-corrected chi connectivity index (χ3v) is 3.02. The fraction of sp³-hybridized carbons (Fsp3) is 0.500. The predicted molar refractivity (Wildman–Crippen MR) is 65.9 cm³/mol. The minimum absolute atomic E-state index is 0.232. The number of ether oxygens (including phenoxy) is 2. The standard InChI is InChI=1S/C14H18O3/c1-2-16-13-9-5-6-11(10-15)14(13)17-12-7-3-4-8-12/h5-6,9-10,12H,2-4,7-8H2,1H3. The van der Waals surface area contributed by atoms with Crippen LogP contribution in [0, 0.1) is 0 Å². The van der Waals surface area contributed by atoms with E-state index in [0.717, 1.165) is 19.1 Å². The number of carbonyl (C=O) groups excluding carboxylic acids is 1. The summed E-state index contributed by atoms with van der Waals surface area (Å²) in [5, 5.41) is 0. The van der Waals surface area contributed by atoms with E-state index >= 15 is 0 Å². The Morgan fingerprint density at radius 1 is 1.35 bits per heavy atom. The Kier molecular flexibility index (Phi) is 4.02. The monoisotopic (exact) mass is 234 g/mol. The van der Waals surface area contributed by atoms with Crippen LogP contribution in [-0.4, -0.2) is 19.0 Å². The van der Waals surface area contributed by atoms with Crippen molar-refractivity contribution in [3.8, 4) is 11.5 Å². The number of hydrogen-bond donors (Lipinski definition) is 0. The molecule has 1 aliphatic carbocycles. The van der Waals surface area contributed by atoms with Crippen LogP contribution in [0.3, 0.4) is 0 Å². The molecule has 0 atom stereocenters. The van der Waals surface area contributed by atoms with Gasteiger partial charge in [0.1, 0.15) is 0 Å². The number of aldehydes is 1. The van der Waals surface area contributed by atoms with E-state index in [-0.39, 0.29) is 6.10 Å². The van der Waals surface area contributed by atoms with Crippen molar-refractivity contribution in [3.05, 3.63) is 23.8 Å². The summed E-state index contributed by atoms with van der Waals surface area (Å²) < 4.78 is 11.4. The molecule has 1 aromatic carbocycles. The summed E-state index contributed by atoms with van der Waals surface area (Å²) in [7, 11) is 0. The van der Waals surface area contributed by atoms with E-state index < -0.39 is 0 Å². The molecule has 1 fully saturated rings. The Morgan fingerprint density at radius 2 is 2.12 bits per heavy atom. The van der Waals surface area contributed by atoms with Crippen molar-refractivity contribution in [2.75, 3.05) is 6.61 Å². The summed E-state index contributed by atoms with van der Waals surface area (Å²) >= 11 is 0. The maximum absolute atomic E-state index is 11.0. The average Bonchev–Trinajstić information content (AvgIpc) is 2.84. The van der Waals surface area contributed by atoms with Gasteiger partial charge in [0.05, 0.1) is 18.3 Å². The van der Waals surface area contributed by atoms with Crippen molar-refractivity contribution in [2.45, 2.75) is 38.7 Å². The smallest absolute Gasteiger partial charge is 0.172 e. The van der Waals surface area contributed by atoms with Crippen molar-refractivity contribution >= 4 is 6.29 Å². The Hall–Kier alpha value is -1.51. The first kappa shape index (κ1) is 12.0. The maximum Gasteiger partial charge on any atom is 0.172 e. The minimum atomic E-state index is 0.232. The van der Waals surface area contributed by atoms with Crippen molar-refractivity contribution in [2.24, 2.45) is 0 Å². The second kappa shape index (κ2) is 5.71. The van der Waals surface area contributed by atoms with Gasteiger partial charge in [0.15, 0.2) is 17.8 Å². The van der Waals surface area contributed by atoms with E-state index in [2.05, 4.69) is 0 Å². The van der Waals surface area contributed by atoms with Crippen LogP contribution in [0.25, 0.3) is 0 Å². The van der Waals surface area contributed by atoms with Gasteiger partial charge in [0, 0.05) is 0 Å². The minimum Gasteiger partial charge on any atom is -0.490 e. The molecule has 2 rings (SSSR count). The molecule has 0 heterocycles. The van der Waals surface area contributed by atoms with E-state index in [1.807, 2.05) is 19.1 Å². The summed E-state index contributed by atoms with van der Waals surface area (Å²) in [5.74, 6) is 1.28. The van der Waals surface area contributed by atoms with Gasteiger partial charge in [0.25, 0.3) is 0 Å². The third-order valence-electron chi connectivity index (χ3n) is 3.02. The SMILES string of the molecule is CCOc1cccc(C=O)c1OC1CCCC1. The number of benzene rings is 1. The van der Waals surface area contributed by atoms with Crippen molar-refractivity contribution in [1.29, 1.82) is 0 Å². The molecule has 0 amide bonds. The zero-order valence-electron chi connectivity index (χ0n) is 10.1.